The Balaban J connectivity index is 2.29. The van der Waals surface area contributed by atoms with Crippen molar-refractivity contribution in [3.05, 3.63) is 17.7 Å². The van der Waals surface area contributed by atoms with Gasteiger partial charge in [-0.3, -0.25) is 0 Å². The largest absolute Gasteiger partial charge is 0.348 e. The minimum Gasteiger partial charge on any atom is -0.348 e. The fraction of sp³-hybridized carbons (Fsp3) is 0.625. The van der Waals surface area contributed by atoms with Crippen LogP contribution in [0, 0.1) is 6.92 Å². The Morgan fingerprint density at radius 1 is 1.75 bits per heavy atom. The fourth-order valence-corrected chi connectivity index (χ4v) is 1.85. The van der Waals surface area contributed by atoms with E-state index in [0.29, 0.717) is 0 Å². The Hall–Kier alpha value is -0.480. The molecule has 0 saturated carbocycles. The second-order valence-corrected chi connectivity index (χ2v) is 4.00. The molecule has 0 spiro atoms. The van der Waals surface area contributed by atoms with Gasteiger partial charge >= 0.3 is 0 Å². The Morgan fingerprint density at radius 2 is 2.50 bits per heavy atom. The molecule has 0 radical (unpaired) electrons. The van der Waals surface area contributed by atoms with Gasteiger partial charge in [-0.05, 0) is 13.8 Å². The van der Waals surface area contributed by atoms with E-state index in [0.717, 1.165) is 22.9 Å². The minimum absolute atomic E-state index is 0.272. The Labute approximate surface area is 77.1 Å². The number of nitrogens with two attached hydrogens (primary N) is 1. The van der Waals surface area contributed by atoms with Gasteiger partial charge in [0.25, 0.3) is 0 Å². The first kappa shape index (κ1) is 9.61. The average molecular weight is 185 g/mol. The molecule has 0 aliphatic carbocycles. The van der Waals surface area contributed by atoms with E-state index in [9.17, 15) is 0 Å². The zero-order valence-electron chi connectivity index (χ0n) is 7.50. The van der Waals surface area contributed by atoms with Gasteiger partial charge in [-0.15, -0.1) is 0 Å². The summed E-state index contributed by atoms with van der Waals surface area (Å²) in [6.45, 7) is 4.05. The number of nitrogens with zero attached hydrogens (tertiary/aromatic N) is 1. The molecule has 0 amide bonds. The summed E-state index contributed by atoms with van der Waals surface area (Å²) in [5.74, 6) is 1.95. The Morgan fingerprint density at radius 3 is 3.00 bits per heavy atom. The highest BCUT2D eigenvalue weighted by Gasteiger charge is 2.01. The normalized spacial score (nSPS) is 13.2. The molecule has 3 nitrogen and oxygen atoms in total. The SMILES string of the molecule is Cc1[nH]cnc1CSCC(C)N. The molecule has 1 atom stereocenters. The number of imidazole rings is 1. The van der Waals surface area contributed by atoms with Gasteiger partial charge in [0.1, 0.15) is 0 Å². The molecule has 1 heterocycles. The van der Waals surface area contributed by atoms with Crippen LogP contribution in [0.15, 0.2) is 6.33 Å². The number of hydrogen-bond acceptors (Lipinski definition) is 3. The van der Waals surface area contributed by atoms with Crippen LogP contribution < -0.4 is 5.73 Å². The molecule has 1 aromatic heterocycles. The van der Waals surface area contributed by atoms with E-state index in [1.807, 2.05) is 25.6 Å². The minimum atomic E-state index is 0.272. The van der Waals surface area contributed by atoms with Crippen molar-refractivity contribution in [1.82, 2.24) is 9.97 Å². The van der Waals surface area contributed by atoms with E-state index < -0.39 is 0 Å². The van der Waals surface area contributed by atoms with Gasteiger partial charge in [-0.25, -0.2) is 4.98 Å². The maximum Gasteiger partial charge on any atom is 0.0925 e. The van der Waals surface area contributed by atoms with Gasteiger partial charge in [-0.1, -0.05) is 0 Å². The summed E-state index contributed by atoms with van der Waals surface area (Å²) in [4.78, 5) is 7.25. The molecule has 12 heavy (non-hydrogen) atoms. The summed E-state index contributed by atoms with van der Waals surface area (Å²) in [6.07, 6.45) is 1.73. The van der Waals surface area contributed by atoms with Crippen LogP contribution in [-0.4, -0.2) is 21.8 Å². The van der Waals surface area contributed by atoms with Crippen molar-refractivity contribution in [3.63, 3.8) is 0 Å². The first-order chi connectivity index (χ1) is 5.70. The van der Waals surface area contributed by atoms with E-state index in [2.05, 4.69) is 9.97 Å². The molecule has 68 valence electrons. The molecule has 0 bridgehead atoms. The number of H-pyrrole nitrogens is 1. The first-order valence-corrected chi connectivity index (χ1v) is 5.18. The summed E-state index contributed by atoms with van der Waals surface area (Å²) in [5, 5.41) is 0. The first-order valence-electron chi connectivity index (χ1n) is 4.02. The summed E-state index contributed by atoms with van der Waals surface area (Å²) in [7, 11) is 0. The highest BCUT2D eigenvalue weighted by Crippen LogP contribution is 2.12. The topological polar surface area (TPSA) is 54.7 Å². The molecule has 0 saturated heterocycles. The molecule has 1 unspecified atom stereocenters. The van der Waals surface area contributed by atoms with Crippen molar-refractivity contribution in [1.29, 1.82) is 0 Å². The standard InChI is InChI=1S/C8H15N3S/c1-6(9)3-12-4-8-7(2)10-5-11-8/h5-6H,3-4,9H2,1-2H3,(H,10,11). The predicted molar refractivity (Wildman–Crippen MR) is 53.1 cm³/mol. The molecular formula is C8H15N3S. The quantitative estimate of drug-likeness (QED) is 0.743. The van der Waals surface area contributed by atoms with Crippen molar-refractivity contribution in [2.24, 2.45) is 5.73 Å². The van der Waals surface area contributed by atoms with Gasteiger partial charge in [0.15, 0.2) is 0 Å². The third-order valence-corrected chi connectivity index (χ3v) is 2.79. The van der Waals surface area contributed by atoms with E-state index >= 15 is 0 Å². The second kappa shape index (κ2) is 4.52. The Bertz CT molecular complexity index is 232. The van der Waals surface area contributed by atoms with Crippen molar-refractivity contribution in [3.8, 4) is 0 Å². The van der Waals surface area contributed by atoms with Crippen molar-refractivity contribution in [2.75, 3.05) is 5.75 Å². The van der Waals surface area contributed by atoms with Gasteiger partial charge in [-0.2, -0.15) is 11.8 Å². The van der Waals surface area contributed by atoms with Crippen LogP contribution in [0.5, 0.6) is 0 Å². The summed E-state index contributed by atoms with van der Waals surface area (Å²) in [6, 6.07) is 0.272. The molecule has 0 aliphatic heterocycles. The number of rotatable bonds is 4. The lowest BCUT2D eigenvalue weighted by atomic mass is 10.4. The van der Waals surface area contributed by atoms with E-state index in [4.69, 9.17) is 5.73 Å². The fourth-order valence-electron chi connectivity index (χ4n) is 0.874. The molecule has 0 aliphatic rings. The smallest absolute Gasteiger partial charge is 0.0925 e. The number of aryl methyl sites for hydroxylation is 1. The van der Waals surface area contributed by atoms with Gasteiger partial charge in [0, 0.05) is 23.2 Å². The van der Waals surface area contributed by atoms with Crippen LogP contribution in [0.1, 0.15) is 18.3 Å². The van der Waals surface area contributed by atoms with E-state index in [1.165, 1.54) is 0 Å². The molecule has 4 heteroatoms. The van der Waals surface area contributed by atoms with Crippen molar-refractivity contribution in [2.45, 2.75) is 25.6 Å². The number of aromatic amines is 1. The number of hydrogen-bond donors (Lipinski definition) is 2. The molecular weight excluding hydrogens is 170 g/mol. The van der Waals surface area contributed by atoms with Gasteiger partial charge in [0.05, 0.1) is 12.0 Å². The highest BCUT2D eigenvalue weighted by atomic mass is 32.2. The molecule has 3 N–H and O–H groups in total. The summed E-state index contributed by atoms with van der Waals surface area (Å²) < 4.78 is 0. The summed E-state index contributed by atoms with van der Waals surface area (Å²) >= 11 is 1.83. The van der Waals surface area contributed by atoms with Gasteiger partial charge in [0.2, 0.25) is 0 Å². The third-order valence-electron chi connectivity index (χ3n) is 1.55. The van der Waals surface area contributed by atoms with Crippen LogP contribution in [-0.2, 0) is 5.75 Å². The maximum absolute atomic E-state index is 5.62. The number of aromatic nitrogens is 2. The van der Waals surface area contributed by atoms with E-state index in [1.54, 1.807) is 6.33 Å². The monoisotopic (exact) mass is 185 g/mol. The molecule has 0 aromatic carbocycles. The number of nitrogens with one attached hydrogen (secondary N) is 1. The number of thioether (sulfide) groups is 1. The lowest BCUT2D eigenvalue weighted by Crippen LogP contribution is -2.17. The van der Waals surface area contributed by atoms with Crippen LogP contribution in [0.2, 0.25) is 0 Å². The van der Waals surface area contributed by atoms with Crippen LogP contribution >= 0.6 is 11.8 Å². The lowest BCUT2D eigenvalue weighted by molar-refractivity contribution is 0.847. The van der Waals surface area contributed by atoms with Crippen LogP contribution in [0.3, 0.4) is 0 Å². The van der Waals surface area contributed by atoms with Crippen molar-refractivity contribution >= 4 is 11.8 Å². The van der Waals surface area contributed by atoms with Crippen LogP contribution in [0.4, 0.5) is 0 Å². The lowest BCUT2D eigenvalue weighted by Gasteiger charge is -2.02. The maximum atomic E-state index is 5.62. The van der Waals surface area contributed by atoms with Gasteiger partial charge < -0.3 is 10.7 Å². The Kier molecular flexibility index (Phi) is 3.62. The zero-order valence-corrected chi connectivity index (χ0v) is 8.32. The predicted octanol–water partition coefficient (Wildman–Crippen LogP) is 1.30. The molecule has 0 fully saturated rings. The molecule has 1 rings (SSSR count). The van der Waals surface area contributed by atoms with Crippen LogP contribution in [0.25, 0.3) is 0 Å². The van der Waals surface area contributed by atoms with E-state index in [-0.39, 0.29) is 6.04 Å². The zero-order chi connectivity index (χ0) is 8.97. The average Bonchev–Trinajstić information content (AvgIpc) is 2.36. The van der Waals surface area contributed by atoms with Crippen molar-refractivity contribution < 1.29 is 0 Å². The second-order valence-electron chi connectivity index (χ2n) is 2.97. The highest BCUT2D eigenvalue weighted by molar-refractivity contribution is 7.98. The summed E-state index contributed by atoms with van der Waals surface area (Å²) in [5.41, 5.74) is 7.92. The molecule has 1 aromatic rings. The third kappa shape index (κ3) is 2.87.